The van der Waals surface area contributed by atoms with Crippen LogP contribution < -0.4 is 10.6 Å². The van der Waals surface area contributed by atoms with Crippen molar-refractivity contribution in [3.63, 3.8) is 0 Å². The average Bonchev–Trinajstić information content (AvgIpc) is 3.16. The first-order valence-electron chi connectivity index (χ1n) is 7.24. The Labute approximate surface area is 114 Å². The van der Waals surface area contributed by atoms with Crippen LogP contribution in [0.25, 0.3) is 5.65 Å². The minimum atomic E-state index is 0.533. The lowest BCUT2D eigenvalue weighted by Gasteiger charge is -2.23. The summed E-state index contributed by atoms with van der Waals surface area (Å²) in [5.41, 5.74) is 8.08. The maximum absolute atomic E-state index is 5.95. The largest absolute Gasteiger partial charge is 0.355 e. The Hall–Kier alpha value is -1.55. The fraction of sp³-hybridized carbons (Fsp3) is 0.533. The lowest BCUT2D eigenvalue weighted by molar-refractivity contribution is 0.696. The highest BCUT2D eigenvalue weighted by Gasteiger charge is 2.26. The lowest BCUT2D eigenvalue weighted by atomic mass is 10.3. The van der Waals surface area contributed by atoms with Crippen LogP contribution in [0.2, 0.25) is 0 Å². The SMILES string of the molecule is CCCN(CC1CC1)c1nc2ccccn2c1CN. The summed E-state index contributed by atoms with van der Waals surface area (Å²) < 4.78 is 2.12. The third-order valence-electron chi connectivity index (χ3n) is 3.77. The van der Waals surface area contributed by atoms with E-state index in [1.807, 2.05) is 18.2 Å². The zero-order valence-electron chi connectivity index (χ0n) is 11.5. The van der Waals surface area contributed by atoms with Gasteiger partial charge in [0.1, 0.15) is 5.65 Å². The van der Waals surface area contributed by atoms with E-state index in [1.54, 1.807) is 0 Å². The number of rotatable bonds is 6. The Bertz CT molecular complexity index is 556. The van der Waals surface area contributed by atoms with E-state index in [4.69, 9.17) is 10.7 Å². The fourth-order valence-electron chi connectivity index (χ4n) is 2.64. The maximum Gasteiger partial charge on any atom is 0.152 e. The molecule has 2 aromatic rings. The number of anilines is 1. The van der Waals surface area contributed by atoms with Crippen molar-refractivity contribution in [2.75, 3.05) is 18.0 Å². The van der Waals surface area contributed by atoms with Crippen LogP contribution in [-0.2, 0) is 6.54 Å². The van der Waals surface area contributed by atoms with Crippen LogP contribution in [0, 0.1) is 5.92 Å². The number of pyridine rings is 1. The molecule has 102 valence electrons. The molecule has 2 heterocycles. The van der Waals surface area contributed by atoms with Crippen molar-refractivity contribution in [1.82, 2.24) is 9.38 Å². The monoisotopic (exact) mass is 258 g/mol. The van der Waals surface area contributed by atoms with Crippen LogP contribution in [0.3, 0.4) is 0 Å². The quantitative estimate of drug-likeness (QED) is 0.865. The first kappa shape index (κ1) is 12.5. The predicted molar refractivity (Wildman–Crippen MR) is 78.3 cm³/mol. The third kappa shape index (κ3) is 2.45. The van der Waals surface area contributed by atoms with Crippen LogP contribution in [0.4, 0.5) is 5.82 Å². The van der Waals surface area contributed by atoms with Gasteiger partial charge in [0.2, 0.25) is 0 Å². The van der Waals surface area contributed by atoms with E-state index >= 15 is 0 Å². The van der Waals surface area contributed by atoms with Gasteiger partial charge in [0.25, 0.3) is 0 Å². The molecule has 4 nitrogen and oxygen atoms in total. The van der Waals surface area contributed by atoms with Crippen LogP contribution in [0.15, 0.2) is 24.4 Å². The molecule has 0 saturated heterocycles. The molecule has 0 atom stereocenters. The second kappa shape index (κ2) is 5.21. The standard InChI is InChI=1S/C15H22N4/c1-2-8-18(11-12-6-7-12)15-13(10-16)19-9-4-3-5-14(19)17-15/h3-5,9,12H,2,6-8,10-11,16H2,1H3. The summed E-state index contributed by atoms with van der Waals surface area (Å²) in [6.45, 7) is 4.95. The molecule has 0 spiro atoms. The van der Waals surface area contributed by atoms with Crippen molar-refractivity contribution in [2.45, 2.75) is 32.7 Å². The normalized spacial score (nSPS) is 15.1. The van der Waals surface area contributed by atoms with Gasteiger partial charge in [-0.1, -0.05) is 13.0 Å². The molecule has 1 saturated carbocycles. The molecule has 19 heavy (non-hydrogen) atoms. The molecule has 0 aliphatic heterocycles. The van der Waals surface area contributed by atoms with Crippen LogP contribution in [-0.4, -0.2) is 22.5 Å². The van der Waals surface area contributed by atoms with Crippen molar-refractivity contribution in [3.05, 3.63) is 30.1 Å². The Kier molecular flexibility index (Phi) is 3.42. The highest BCUT2D eigenvalue weighted by atomic mass is 15.2. The van der Waals surface area contributed by atoms with E-state index in [9.17, 15) is 0 Å². The van der Waals surface area contributed by atoms with Gasteiger partial charge in [-0.05, 0) is 37.3 Å². The topological polar surface area (TPSA) is 46.6 Å². The number of hydrogen-bond acceptors (Lipinski definition) is 3. The summed E-state index contributed by atoms with van der Waals surface area (Å²) in [6.07, 6.45) is 5.93. The van der Waals surface area contributed by atoms with E-state index in [0.29, 0.717) is 6.54 Å². The molecular weight excluding hydrogens is 236 g/mol. The van der Waals surface area contributed by atoms with Crippen LogP contribution >= 0.6 is 0 Å². The van der Waals surface area contributed by atoms with Gasteiger partial charge < -0.3 is 15.0 Å². The number of hydrogen-bond donors (Lipinski definition) is 1. The summed E-state index contributed by atoms with van der Waals surface area (Å²) >= 11 is 0. The van der Waals surface area contributed by atoms with Gasteiger partial charge in [-0.3, -0.25) is 0 Å². The van der Waals surface area contributed by atoms with Gasteiger partial charge in [0, 0.05) is 25.8 Å². The van der Waals surface area contributed by atoms with E-state index in [-0.39, 0.29) is 0 Å². The number of nitrogens with zero attached hydrogens (tertiary/aromatic N) is 3. The highest BCUT2D eigenvalue weighted by Crippen LogP contribution is 2.32. The van der Waals surface area contributed by atoms with Crippen molar-refractivity contribution in [1.29, 1.82) is 0 Å². The molecule has 2 aromatic heterocycles. The van der Waals surface area contributed by atoms with Gasteiger partial charge in [-0.15, -0.1) is 0 Å². The Balaban J connectivity index is 2.00. The summed E-state index contributed by atoms with van der Waals surface area (Å²) in [7, 11) is 0. The number of aromatic nitrogens is 2. The highest BCUT2D eigenvalue weighted by molar-refractivity contribution is 5.56. The van der Waals surface area contributed by atoms with Crippen LogP contribution in [0.1, 0.15) is 31.9 Å². The summed E-state index contributed by atoms with van der Waals surface area (Å²) in [5, 5.41) is 0. The third-order valence-corrected chi connectivity index (χ3v) is 3.77. The Morgan fingerprint density at radius 3 is 2.95 bits per heavy atom. The molecule has 0 amide bonds. The minimum absolute atomic E-state index is 0.533. The van der Waals surface area contributed by atoms with Gasteiger partial charge in [0.05, 0.1) is 5.69 Å². The molecule has 1 aliphatic rings. The van der Waals surface area contributed by atoms with Crippen molar-refractivity contribution in [2.24, 2.45) is 11.7 Å². The molecule has 4 heteroatoms. The predicted octanol–water partition coefficient (Wildman–Crippen LogP) is 2.42. The minimum Gasteiger partial charge on any atom is -0.355 e. The van der Waals surface area contributed by atoms with E-state index in [0.717, 1.165) is 42.6 Å². The Morgan fingerprint density at radius 2 is 2.26 bits per heavy atom. The van der Waals surface area contributed by atoms with E-state index in [1.165, 1.54) is 12.8 Å². The average molecular weight is 258 g/mol. The van der Waals surface area contributed by atoms with Crippen LogP contribution in [0.5, 0.6) is 0 Å². The molecule has 1 fully saturated rings. The van der Waals surface area contributed by atoms with Crippen molar-refractivity contribution >= 4 is 11.5 Å². The lowest BCUT2D eigenvalue weighted by Crippen LogP contribution is -2.28. The smallest absolute Gasteiger partial charge is 0.152 e. The van der Waals surface area contributed by atoms with Crippen molar-refractivity contribution in [3.8, 4) is 0 Å². The van der Waals surface area contributed by atoms with Crippen molar-refractivity contribution < 1.29 is 0 Å². The molecule has 0 aromatic carbocycles. The summed E-state index contributed by atoms with van der Waals surface area (Å²) in [4.78, 5) is 7.22. The summed E-state index contributed by atoms with van der Waals surface area (Å²) in [5.74, 6) is 1.95. The van der Waals surface area contributed by atoms with Gasteiger partial charge in [-0.2, -0.15) is 0 Å². The van der Waals surface area contributed by atoms with Gasteiger partial charge in [-0.25, -0.2) is 4.98 Å². The molecule has 3 rings (SSSR count). The number of nitrogens with two attached hydrogens (primary N) is 1. The van der Waals surface area contributed by atoms with Gasteiger partial charge >= 0.3 is 0 Å². The molecule has 1 aliphatic carbocycles. The zero-order chi connectivity index (χ0) is 13.2. The zero-order valence-corrected chi connectivity index (χ0v) is 11.5. The molecule has 0 radical (unpaired) electrons. The van der Waals surface area contributed by atoms with E-state index in [2.05, 4.69) is 22.4 Å². The second-order valence-corrected chi connectivity index (χ2v) is 5.40. The first-order valence-corrected chi connectivity index (χ1v) is 7.24. The maximum atomic E-state index is 5.95. The molecule has 2 N–H and O–H groups in total. The number of fused-ring (bicyclic) bond motifs is 1. The number of imidazole rings is 1. The first-order chi connectivity index (χ1) is 9.33. The van der Waals surface area contributed by atoms with Gasteiger partial charge in [0.15, 0.2) is 5.82 Å². The van der Waals surface area contributed by atoms with E-state index < -0.39 is 0 Å². The summed E-state index contributed by atoms with van der Waals surface area (Å²) in [6, 6.07) is 6.10. The Morgan fingerprint density at radius 1 is 1.42 bits per heavy atom. The fourth-order valence-corrected chi connectivity index (χ4v) is 2.64. The molecule has 0 unspecified atom stereocenters. The second-order valence-electron chi connectivity index (χ2n) is 5.40. The molecular formula is C15H22N4. The molecule has 0 bridgehead atoms.